The van der Waals surface area contributed by atoms with Crippen LogP contribution in [0.5, 0.6) is 11.5 Å². The van der Waals surface area contributed by atoms with Gasteiger partial charge in [-0.2, -0.15) is 0 Å². The molecule has 0 unspecified atom stereocenters. The molecule has 2 atom stereocenters. The topological polar surface area (TPSA) is 76.7 Å². The summed E-state index contributed by atoms with van der Waals surface area (Å²) < 4.78 is 11.1. The van der Waals surface area contributed by atoms with Crippen LogP contribution in [0.15, 0.2) is 36.4 Å². The van der Waals surface area contributed by atoms with Gasteiger partial charge in [0.2, 0.25) is 0 Å². The van der Waals surface area contributed by atoms with Crippen LogP contribution < -0.4 is 20.1 Å². The maximum atomic E-state index is 12.6. The van der Waals surface area contributed by atoms with Crippen molar-refractivity contribution >= 4 is 58.2 Å². The summed E-state index contributed by atoms with van der Waals surface area (Å²) in [7, 11) is 0. The summed E-state index contributed by atoms with van der Waals surface area (Å²) in [4.78, 5) is 25.1. The van der Waals surface area contributed by atoms with Gasteiger partial charge in [0, 0.05) is 22.6 Å². The van der Waals surface area contributed by atoms with Crippen LogP contribution in [0.1, 0.15) is 40.0 Å². The van der Waals surface area contributed by atoms with Crippen LogP contribution in [0.25, 0.3) is 0 Å². The quantitative estimate of drug-likeness (QED) is 0.354. The fourth-order valence-electron chi connectivity index (χ4n) is 4.97. The highest BCUT2D eigenvalue weighted by atomic mass is 35.5. The second kappa shape index (κ2) is 12.1. The van der Waals surface area contributed by atoms with E-state index in [0.717, 1.165) is 12.8 Å². The molecule has 0 bridgehead atoms. The molecule has 0 radical (unpaired) electrons. The average molecular weight is 576 g/mol. The second-order valence-corrected chi connectivity index (χ2v) is 12.0. The number of hydrogen-bond acceptors (Lipinski definition) is 4. The van der Waals surface area contributed by atoms with Gasteiger partial charge in [-0.15, -0.1) is 0 Å². The van der Waals surface area contributed by atoms with Crippen LogP contribution in [-0.2, 0) is 9.59 Å². The van der Waals surface area contributed by atoms with Crippen molar-refractivity contribution in [2.45, 2.75) is 46.1 Å². The first-order valence-corrected chi connectivity index (χ1v) is 13.1. The summed E-state index contributed by atoms with van der Waals surface area (Å²) in [5.74, 6) is 0.309. The third-order valence-corrected chi connectivity index (χ3v) is 7.09. The molecule has 2 N–H and O–H groups in total. The molecule has 1 saturated carbocycles. The first kappa shape index (κ1) is 28.7. The lowest BCUT2D eigenvalue weighted by molar-refractivity contribution is -0.126. The Labute approximate surface area is 231 Å². The number of nitrogens with one attached hydrogen (secondary N) is 2. The van der Waals surface area contributed by atoms with Crippen LogP contribution in [0, 0.1) is 10.8 Å². The summed E-state index contributed by atoms with van der Waals surface area (Å²) in [6.07, 6.45) is 2.43. The minimum atomic E-state index is -0.251. The van der Waals surface area contributed by atoms with Crippen molar-refractivity contribution in [1.29, 1.82) is 0 Å². The number of carbonyl (C=O) groups excluding carboxylic acids is 2. The van der Waals surface area contributed by atoms with Gasteiger partial charge in [0.05, 0.1) is 10.0 Å². The molecule has 1 aliphatic carbocycles. The Balaban J connectivity index is 1.51. The van der Waals surface area contributed by atoms with Crippen molar-refractivity contribution in [3.8, 4) is 11.5 Å². The Morgan fingerprint density at radius 2 is 1.39 bits per heavy atom. The Morgan fingerprint density at radius 3 is 1.92 bits per heavy atom. The van der Waals surface area contributed by atoms with Crippen molar-refractivity contribution in [2.24, 2.45) is 10.8 Å². The zero-order valence-electron chi connectivity index (χ0n) is 20.4. The first-order chi connectivity index (χ1) is 16.8. The Bertz CT molecular complexity index is 1110. The first-order valence-electron chi connectivity index (χ1n) is 11.6. The van der Waals surface area contributed by atoms with E-state index in [4.69, 9.17) is 55.9 Å². The predicted octanol–water partition coefficient (Wildman–Crippen LogP) is 6.58. The van der Waals surface area contributed by atoms with Crippen LogP contribution in [0.4, 0.5) is 0 Å². The molecular weight excluding hydrogens is 546 g/mol. The number of ether oxygens (including phenoxy) is 2. The smallest absolute Gasteiger partial charge is 0.258 e. The van der Waals surface area contributed by atoms with E-state index in [1.54, 1.807) is 36.4 Å². The second-order valence-electron chi connectivity index (χ2n) is 10.3. The number of hydrogen-bond donors (Lipinski definition) is 2. The highest BCUT2D eigenvalue weighted by Crippen LogP contribution is 2.45. The molecule has 1 aliphatic rings. The molecule has 0 spiro atoms. The minimum absolute atomic E-state index is 0.0245. The molecular formula is C26H30Cl4N2O4. The SMILES string of the molecule is CC1(C)C[C@@H](NC(=O)COc2ccc(Cl)cc2Cl)C[C@](C)(CNC(=O)COc2ccc(Cl)cc2Cl)C1. The van der Waals surface area contributed by atoms with Crippen LogP contribution in [0.2, 0.25) is 20.1 Å². The molecule has 2 aromatic rings. The molecule has 10 heteroatoms. The molecule has 1 fully saturated rings. The third kappa shape index (κ3) is 8.62. The Hall–Kier alpha value is -1.86. The molecule has 6 nitrogen and oxygen atoms in total. The lowest BCUT2D eigenvalue weighted by Gasteiger charge is -2.47. The molecule has 0 saturated heterocycles. The highest BCUT2D eigenvalue weighted by molar-refractivity contribution is 6.36. The Kier molecular flexibility index (Phi) is 9.67. The van der Waals surface area contributed by atoms with Crippen molar-refractivity contribution in [2.75, 3.05) is 19.8 Å². The zero-order chi connectivity index (χ0) is 26.5. The van der Waals surface area contributed by atoms with E-state index < -0.39 is 0 Å². The fraction of sp³-hybridized carbons (Fsp3) is 0.462. The van der Waals surface area contributed by atoms with Gasteiger partial charge in [-0.1, -0.05) is 67.2 Å². The number of amides is 2. The Morgan fingerprint density at radius 1 is 0.861 bits per heavy atom. The average Bonchev–Trinajstić information content (AvgIpc) is 2.75. The van der Waals surface area contributed by atoms with Crippen molar-refractivity contribution < 1.29 is 19.1 Å². The summed E-state index contributed by atoms with van der Waals surface area (Å²) in [5.41, 5.74) is -0.239. The predicted molar refractivity (Wildman–Crippen MR) is 145 cm³/mol. The molecule has 0 heterocycles. The van der Waals surface area contributed by atoms with Gasteiger partial charge >= 0.3 is 0 Å². The van der Waals surface area contributed by atoms with Crippen molar-refractivity contribution in [3.63, 3.8) is 0 Å². The molecule has 0 aliphatic heterocycles. The van der Waals surface area contributed by atoms with Crippen LogP contribution >= 0.6 is 46.4 Å². The van der Waals surface area contributed by atoms with Gasteiger partial charge in [0.15, 0.2) is 13.2 Å². The molecule has 3 rings (SSSR count). The minimum Gasteiger partial charge on any atom is -0.482 e. The van der Waals surface area contributed by atoms with Gasteiger partial charge < -0.3 is 20.1 Å². The van der Waals surface area contributed by atoms with E-state index in [1.165, 1.54) is 0 Å². The molecule has 0 aromatic heterocycles. The zero-order valence-corrected chi connectivity index (χ0v) is 23.5. The van der Waals surface area contributed by atoms with Gasteiger partial charge in [0.25, 0.3) is 11.8 Å². The van der Waals surface area contributed by atoms with Gasteiger partial charge in [-0.25, -0.2) is 0 Å². The summed E-state index contributed by atoms with van der Waals surface area (Å²) in [5, 5.41) is 7.72. The van der Waals surface area contributed by atoms with Gasteiger partial charge in [-0.3, -0.25) is 9.59 Å². The van der Waals surface area contributed by atoms with Crippen molar-refractivity contribution in [1.82, 2.24) is 10.6 Å². The number of rotatable bonds is 9. The largest absolute Gasteiger partial charge is 0.482 e. The molecule has 36 heavy (non-hydrogen) atoms. The van der Waals surface area contributed by atoms with Gasteiger partial charge in [0.1, 0.15) is 11.5 Å². The van der Waals surface area contributed by atoms with Crippen LogP contribution in [-0.4, -0.2) is 37.6 Å². The van der Waals surface area contributed by atoms with Crippen LogP contribution in [0.3, 0.4) is 0 Å². The number of benzene rings is 2. The normalized spacial score (nSPS) is 20.9. The lowest BCUT2D eigenvalue weighted by atomic mass is 9.62. The lowest BCUT2D eigenvalue weighted by Crippen LogP contribution is -2.51. The van der Waals surface area contributed by atoms with Crippen molar-refractivity contribution in [3.05, 3.63) is 56.5 Å². The number of carbonyl (C=O) groups is 2. The third-order valence-electron chi connectivity index (χ3n) is 6.03. The number of halogens is 4. The maximum absolute atomic E-state index is 12.6. The summed E-state index contributed by atoms with van der Waals surface area (Å²) in [6, 6.07) is 9.62. The van der Waals surface area contributed by atoms with E-state index in [0.29, 0.717) is 44.6 Å². The summed E-state index contributed by atoms with van der Waals surface area (Å²) >= 11 is 24.0. The monoisotopic (exact) mass is 574 g/mol. The van der Waals surface area contributed by atoms with E-state index in [-0.39, 0.29) is 41.9 Å². The van der Waals surface area contributed by atoms with E-state index in [1.807, 2.05) is 0 Å². The molecule has 196 valence electrons. The summed E-state index contributed by atoms with van der Waals surface area (Å²) in [6.45, 7) is 6.59. The van der Waals surface area contributed by atoms with E-state index in [2.05, 4.69) is 31.4 Å². The fourth-order valence-corrected chi connectivity index (χ4v) is 5.90. The van der Waals surface area contributed by atoms with E-state index in [9.17, 15) is 9.59 Å². The highest BCUT2D eigenvalue weighted by Gasteiger charge is 2.41. The molecule has 2 amide bonds. The van der Waals surface area contributed by atoms with E-state index >= 15 is 0 Å². The maximum Gasteiger partial charge on any atom is 0.258 e. The molecule has 2 aromatic carbocycles. The van der Waals surface area contributed by atoms with Gasteiger partial charge in [-0.05, 0) is 66.5 Å². The standard InChI is InChI=1S/C26H30Cl4N2O4/c1-25(2)10-18(32-24(34)13-36-22-7-5-17(28)9-20(22)30)11-26(3,14-25)15-31-23(33)12-35-21-6-4-16(27)8-19(21)29/h4-9,18H,10-15H2,1-3H3,(H,31,33)(H,32,34)/t18-,26+/m1/s1.